The zero-order chi connectivity index (χ0) is 25.9. The maximum absolute atomic E-state index is 12.6. The number of ketones is 1. The van der Waals surface area contributed by atoms with Gasteiger partial charge in [-0.25, -0.2) is 10.2 Å². The van der Waals surface area contributed by atoms with Gasteiger partial charge in [-0.2, -0.15) is 5.10 Å². The number of nitrogens with zero attached hydrogens (tertiary/aromatic N) is 3. The van der Waals surface area contributed by atoms with E-state index in [1.165, 1.54) is 27.9 Å². The van der Waals surface area contributed by atoms with Gasteiger partial charge in [0.2, 0.25) is 5.88 Å². The number of benzene rings is 2. The molecule has 0 aliphatic carbocycles. The number of amides is 1. The van der Waals surface area contributed by atoms with E-state index in [0.717, 1.165) is 15.3 Å². The number of hydrogen-bond acceptors (Lipinski definition) is 7. The van der Waals surface area contributed by atoms with E-state index in [9.17, 15) is 24.3 Å². The van der Waals surface area contributed by atoms with Gasteiger partial charge >= 0.3 is 5.69 Å². The van der Waals surface area contributed by atoms with Crippen molar-refractivity contribution in [1.29, 1.82) is 0 Å². The van der Waals surface area contributed by atoms with Crippen LogP contribution in [-0.2, 0) is 18.9 Å². The third kappa shape index (κ3) is 5.49. The molecule has 0 bridgehead atoms. The van der Waals surface area contributed by atoms with E-state index < -0.39 is 28.6 Å². The molecule has 11 heteroatoms. The molecular formula is C24H23ClN4O6. The Morgan fingerprint density at radius 3 is 2.11 bits per heavy atom. The zero-order valence-electron chi connectivity index (χ0n) is 19.4. The van der Waals surface area contributed by atoms with Gasteiger partial charge in [-0.3, -0.25) is 23.5 Å². The van der Waals surface area contributed by atoms with Crippen LogP contribution >= 0.6 is 11.6 Å². The van der Waals surface area contributed by atoms with E-state index in [1.54, 1.807) is 48.5 Å². The quantitative estimate of drug-likeness (QED) is 0.291. The van der Waals surface area contributed by atoms with Crippen LogP contribution in [0.5, 0.6) is 11.6 Å². The highest BCUT2D eigenvalue weighted by molar-refractivity contribution is 6.30. The molecule has 0 unspecified atom stereocenters. The van der Waals surface area contributed by atoms with E-state index in [4.69, 9.17) is 16.3 Å². The molecule has 3 rings (SSSR count). The fourth-order valence-corrected chi connectivity index (χ4v) is 3.17. The van der Waals surface area contributed by atoms with Crippen molar-refractivity contribution >= 4 is 29.5 Å². The minimum atomic E-state index is -1.38. The Labute approximate surface area is 205 Å². The summed E-state index contributed by atoms with van der Waals surface area (Å²) in [6.45, 7) is 3.01. The summed E-state index contributed by atoms with van der Waals surface area (Å²) < 4.78 is 7.43. The Morgan fingerprint density at radius 2 is 1.54 bits per heavy atom. The first-order valence-corrected chi connectivity index (χ1v) is 10.7. The monoisotopic (exact) mass is 498 g/mol. The number of rotatable bonds is 7. The van der Waals surface area contributed by atoms with Gasteiger partial charge in [0, 0.05) is 30.2 Å². The van der Waals surface area contributed by atoms with Crippen molar-refractivity contribution in [2.45, 2.75) is 19.4 Å². The summed E-state index contributed by atoms with van der Waals surface area (Å²) in [5.41, 5.74) is 0.0469. The summed E-state index contributed by atoms with van der Waals surface area (Å²) in [4.78, 5) is 49.2. The Morgan fingerprint density at radius 1 is 1.00 bits per heavy atom. The van der Waals surface area contributed by atoms with E-state index in [0.29, 0.717) is 21.9 Å². The Kier molecular flexibility index (Phi) is 7.25. The Balaban J connectivity index is 1.69. The SMILES string of the molecule is Cn1c(O)c(/C=N/NC(=O)C(C)(C)Oc2ccc(C(=O)c3ccc(Cl)cc3)cc2)c(=O)n(C)c1=O. The number of aromatic nitrogens is 2. The van der Waals surface area contributed by atoms with Crippen LogP contribution in [0, 0.1) is 0 Å². The predicted octanol–water partition coefficient (Wildman–Crippen LogP) is 1.98. The van der Waals surface area contributed by atoms with Crippen LogP contribution in [0.3, 0.4) is 0 Å². The highest BCUT2D eigenvalue weighted by Gasteiger charge is 2.30. The predicted molar refractivity (Wildman–Crippen MR) is 130 cm³/mol. The second-order valence-electron chi connectivity index (χ2n) is 8.11. The molecule has 0 fully saturated rings. The summed E-state index contributed by atoms with van der Waals surface area (Å²) >= 11 is 5.86. The third-order valence-corrected chi connectivity index (χ3v) is 5.42. The summed E-state index contributed by atoms with van der Waals surface area (Å²) in [6.07, 6.45) is 0.947. The molecule has 1 amide bonds. The van der Waals surface area contributed by atoms with Crippen molar-refractivity contribution in [1.82, 2.24) is 14.6 Å². The zero-order valence-corrected chi connectivity index (χ0v) is 20.2. The average molecular weight is 499 g/mol. The number of ether oxygens (including phenoxy) is 1. The number of aromatic hydroxyl groups is 1. The number of carbonyl (C=O) groups is 2. The molecule has 0 saturated carbocycles. The molecular weight excluding hydrogens is 476 g/mol. The molecule has 3 aromatic rings. The maximum atomic E-state index is 12.6. The third-order valence-electron chi connectivity index (χ3n) is 5.17. The summed E-state index contributed by atoms with van der Waals surface area (Å²) in [7, 11) is 2.55. The lowest BCUT2D eigenvalue weighted by atomic mass is 10.0. The molecule has 2 N–H and O–H groups in total. The van der Waals surface area contributed by atoms with Gasteiger partial charge in [-0.05, 0) is 62.4 Å². The minimum absolute atomic E-state index is 0.188. The second-order valence-corrected chi connectivity index (χ2v) is 8.55. The largest absolute Gasteiger partial charge is 0.494 e. The van der Waals surface area contributed by atoms with Gasteiger partial charge in [0.15, 0.2) is 11.4 Å². The molecule has 0 spiro atoms. The first-order chi connectivity index (χ1) is 16.4. The van der Waals surface area contributed by atoms with Crippen molar-refractivity contribution in [3.63, 3.8) is 0 Å². The first-order valence-electron chi connectivity index (χ1n) is 10.3. The van der Waals surface area contributed by atoms with E-state index in [1.807, 2.05) is 0 Å². The van der Waals surface area contributed by atoms with Gasteiger partial charge in [0.1, 0.15) is 11.3 Å². The van der Waals surface area contributed by atoms with E-state index >= 15 is 0 Å². The number of nitrogens with one attached hydrogen (secondary N) is 1. The van der Waals surface area contributed by atoms with Crippen LogP contribution in [0.1, 0.15) is 35.3 Å². The van der Waals surface area contributed by atoms with Gasteiger partial charge in [-0.1, -0.05) is 11.6 Å². The number of halogens is 1. The molecule has 0 aliphatic rings. The molecule has 0 aliphatic heterocycles. The smallest absolute Gasteiger partial charge is 0.333 e. The second kappa shape index (κ2) is 9.98. The van der Waals surface area contributed by atoms with Crippen molar-refractivity contribution < 1.29 is 19.4 Å². The van der Waals surface area contributed by atoms with Gasteiger partial charge in [0.05, 0.1) is 6.21 Å². The van der Waals surface area contributed by atoms with Crippen molar-refractivity contribution in [2.24, 2.45) is 19.2 Å². The van der Waals surface area contributed by atoms with Gasteiger partial charge < -0.3 is 9.84 Å². The maximum Gasteiger partial charge on any atom is 0.333 e. The van der Waals surface area contributed by atoms with Gasteiger partial charge in [-0.15, -0.1) is 0 Å². The fraction of sp³-hybridized carbons (Fsp3) is 0.208. The standard InChI is InChI=1S/C24H23ClN4O6/c1-24(2,22(33)27-26-13-18-20(31)28(3)23(34)29(4)21(18)32)35-17-11-7-15(8-12-17)19(30)14-5-9-16(25)10-6-14/h5-13,31H,1-4H3,(H,27,33)/b26-13+. The van der Waals surface area contributed by atoms with Gasteiger partial charge in [0.25, 0.3) is 11.5 Å². The van der Waals surface area contributed by atoms with Crippen LogP contribution in [0.15, 0.2) is 63.2 Å². The van der Waals surface area contributed by atoms with Crippen LogP contribution in [0.2, 0.25) is 5.02 Å². The lowest BCUT2D eigenvalue weighted by Gasteiger charge is -2.24. The molecule has 0 atom stereocenters. The Bertz CT molecular complexity index is 1420. The average Bonchev–Trinajstić information content (AvgIpc) is 2.83. The summed E-state index contributed by atoms with van der Waals surface area (Å²) in [5, 5.41) is 14.3. The van der Waals surface area contributed by atoms with Crippen LogP contribution in [0.4, 0.5) is 0 Å². The van der Waals surface area contributed by atoms with Crippen molar-refractivity contribution in [2.75, 3.05) is 0 Å². The molecule has 2 aromatic carbocycles. The molecule has 0 radical (unpaired) electrons. The number of hydrogen-bond donors (Lipinski definition) is 2. The lowest BCUT2D eigenvalue weighted by molar-refractivity contribution is -0.134. The highest BCUT2D eigenvalue weighted by Crippen LogP contribution is 2.21. The number of hydrazone groups is 1. The lowest BCUT2D eigenvalue weighted by Crippen LogP contribution is -2.45. The topological polar surface area (TPSA) is 132 Å². The highest BCUT2D eigenvalue weighted by atomic mass is 35.5. The van der Waals surface area contributed by atoms with Crippen molar-refractivity contribution in [3.8, 4) is 11.6 Å². The van der Waals surface area contributed by atoms with E-state index in [-0.39, 0.29) is 11.3 Å². The molecule has 35 heavy (non-hydrogen) atoms. The Hall–Kier alpha value is -4.18. The molecule has 1 aromatic heterocycles. The molecule has 1 heterocycles. The molecule has 10 nitrogen and oxygen atoms in total. The molecule has 182 valence electrons. The van der Waals surface area contributed by atoms with Crippen LogP contribution in [0.25, 0.3) is 0 Å². The van der Waals surface area contributed by atoms with E-state index in [2.05, 4.69) is 10.5 Å². The molecule has 0 saturated heterocycles. The van der Waals surface area contributed by atoms with Crippen LogP contribution < -0.4 is 21.4 Å². The summed E-state index contributed by atoms with van der Waals surface area (Å²) in [6, 6.07) is 12.8. The summed E-state index contributed by atoms with van der Waals surface area (Å²) in [5.74, 6) is -1.07. The van der Waals surface area contributed by atoms with Crippen molar-refractivity contribution in [3.05, 3.63) is 91.1 Å². The fourth-order valence-electron chi connectivity index (χ4n) is 3.05. The first kappa shape index (κ1) is 25.4. The number of carbonyl (C=O) groups excluding carboxylic acids is 2. The minimum Gasteiger partial charge on any atom is -0.494 e. The normalized spacial score (nSPS) is 11.5. The van der Waals surface area contributed by atoms with Crippen LogP contribution in [-0.4, -0.2) is 37.7 Å².